The van der Waals surface area contributed by atoms with Crippen LogP contribution in [0.4, 0.5) is 0 Å². The van der Waals surface area contributed by atoms with Crippen molar-refractivity contribution in [2.75, 3.05) is 13.2 Å². The standard InChI is InChI=1S/C20H21BrO3/c1-3-12-24-19-11-9-15(13-20(19)23-4-2)8-10-18(22)16-6-5-7-17(21)14-16/h5-11,13-14H,3-4,12H2,1-2H3/b10-8+. The lowest BCUT2D eigenvalue weighted by Gasteiger charge is -2.12. The van der Waals surface area contributed by atoms with Crippen LogP contribution in [0.15, 0.2) is 53.0 Å². The number of halogens is 1. The fourth-order valence-electron chi connectivity index (χ4n) is 2.14. The second-order valence-corrected chi connectivity index (χ2v) is 6.11. The van der Waals surface area contributed by atoms with Crippen LogP contribution < -0.4 is 9.47 Å². The first-order chi connectivity index (χ1) is 11.6. The molecule has 0 saturated heterocycles. The number of ketones is 1. The minimum absolute atomic E-state index is 0.0411. The van der Waals surface area contributed by atoms with E-state index in [2.05, 4.69) is 22.9 Å². The molecule has 0 aliphatic carbocycles. The van der Waals surface area contributed by atoms with E-state index in [1.165, 1.54) is 0 Å². The second-order valence-electron chi connectivity index (χ2n) is 5.20. The highest BCUT2D eigenvalue weighted by Crippen LogP contribution is 2.29. The van der Waals surface area contributed by atoms with E-state index in [-0.39, 0.29) is 5.78 Å². The Labute approximate surface area is 151 Å². The predicted molar refractivity (Wildman–Crippen MR) is 101 cm³/mol. The summed E-state index contributed by atoms with van der Waals surface area (Å²) in [5.74, 6) is 1.39. The number of rotatable bonds is 8. The molecule has 0 saturated carbocycles. The number of benzene rings is 2. The largest absolute Gasteiger partial charge is 0.490 e. The molecule has 0 fully saturated rings. The van der Waals surface area contributed by atoms with E-state index < -0.39 is 0 Å². The summed E-state index contributed by atoms with van der Waals surface area (Å²) in [5.41, 5.74) is 1.54. The Morgan fingerprint density at radius 3 is 2.62 bits per heavy atom. The summed E-state index contributed by atoms with van der Waals surface area (Å²) in [6.07, 6.45) is 4.29. The van der Waals surface area contributed by atoms with Crippen molar-refractivity contribution in [3.63, 3.8) is 0 Å². The fourth-order valence-corrected chi connectivity index (χ4v) is 2.54. The molecule has 126 valence electrons. The lowest BCUT2D eigenvalue weighted by Crippen LogP contribution is -2.00. The summed E-state index contributed by atoms with van der Waals surface area (Å²) in [6, 6.07) is 13.0. The third kappa shape index (κ3) is 5.24. The van der Waals surface area contributed by atoms with Crippen LogP contribution in [0.1, 0.15) is 36.2 Å². The van der Waals surface area contributed by atoms with Gasteiger partial charge in [0.15, 0.2) is 17.3 Å². The first kappa shape index (κ1) is 18.3. The van der Waals surface area contributed by atoms with E-state index in [0.717, 1.165) is 22.2 Å². The SMILES string of the molecule is CCCOc1ccc(/C=C/C(=O)c2cccc(Br)c2)cc1OCC. The van der Waals surface area contributed by atoms with Gasteiger partial charge in [-0.1, -0.05) is 47.1 Å². The Balaban J connectivity index is 2.16. The summed E-state index contributed by atoms with van der Waals surface area (Å²) >= 11 is 3.38. The van der Waals surface area contributed by atoms with Gasteiger partial charge in [-0.25, -0.2) is 0 Å². The fraction of sp³-hybridized carbons (Fsp3) is 0.250. The van der Waals surface area contributed by atoms with E-state index in [0.29, 0.717) is 24.5 Å². The van der Waals surface area contributed by atoms with Crippen LogP contribution in [0, 0.1) is 0 Å². The molecule has 0 bridgehead atoms. The quantitative estimate of drug-likeness (QED) is 0.440. The van der Waals surface area contributed by atoms with Crippen LogP contribution in [0.5, 0.6) is 11.5 Å². The molecule has 0 amide bonds. The molecule has 0 aliphatic rings. The Kier molecular flexibility index (Phi) is 7.07. The third-order valence-corrected chi connectivity index (χ3v) is 3.76. The lowest BCUT2D eigenvalue weighted by molar-refractivity contribution is 0.104. The molecule has 24 heavy (non-hydrogen) atoms. The van der Waals surface area contributed by atoms with Crippen molar-refractivity contribution in [3.05, 3.63) is 64.1 Å². The van der Waals surface area contributed by atoms with Crippen LogP contribution in [0.25, 0.3) is 6.08 Å². The average molecular weight is 389 g/mol. The van der Waals surface area contributed by atoms with Crippen molar-refractivity contribution in [2.24, 2.45) is 0 Å². The monoisotopic (exact) mass is 388 g/mol. The van der Waals surface area contributed by atoms with Gasteiger partial charge >= 0.3 is 0 Å². The number of hydrogen-bond acceptors (Lipinski definition) is 3. The highest BCUT2D eigenvalue weighted by atomic mass is 79.9. The normalized spacial score (nSPS) is 10.8. The van der Waals surface area contributed by atoms with Gasteiger partial charge in [-0.3, -0.25) is 4.79 Å². The topological polar surface area (TPSA) is 35.5 Å². The van der Waals surface area contributed by atoms with E-state index in [1.807, 2.05) is 37.3 Å². The summed E-state index contributed by atoms with van der Waals surface area (Å²) in [4.78, 5) is 12.2. The summed E-state index contributed by atoms with van der Waals surface area (Å²) in [6.45, 7) is 5.21. The highest BCUT2D eigenvalue weighted by molar-refractivity contribution is 9.10. The molecule has 2 rings (SSSR count). The van der Waals surface area contributed by atoms with Crippen LogP contribution in [0.3, 0.4) is 0 Å². The van der Waals surface area contributed by atoms with Crippen molar-refractivity contribution in [3.8, 4) is 11.5 Å². The van der Waals surface area contributed by atoms with Crippen molar-refractivity contribution in [2.45, 2.75) is 20.3 Å². The Bertz CT molecular complexity index is 723. The van der Waals surface area contributed by atoms with Gasteiger partial charge in [-0.2, -0.15) is 0 Å². The first-order valence-corrected chi connectivity index (χ1v) is 8.81. The predicted octanol–water partition coefficient (Wildman–Crippen LogP) is 5.53. The smallest absolute Gasteiger partial charge is 0.185 e. The zero-order valence-corrected chi connectivity index (χ0v) is 15.5. The summed E-state index contributed by atoms with van der Waals surface area (Å²) < 4.78 is 12.2. The molecule has 2 aromatic rings. The average Bonchev–Trinajstić information content (AvgIpc) is 2.59. The maximum absolute atomic E-state index is 12.2. The number of allylic oxidation sites excluding steroid dienone is 1. The zero-order chi connectivity index (χ0) is 17.4. The molecule has 0 spiro atoms. The zero-order valence-electron chi connectivity index (χ0n) is 13.9. The van der Waals surface area contributed by atoms with Gasteiger partial charge in [0.2, 0.25) is 0 Å². The molecular formula is C20H21BrO3. The van der Waals surface area contributed by atoms with Gasteiger partial charge in [0, 0.05) is 10.0 Å². The second kappa shape index (κ2) is 9.28. The minimum atomic E-state index is -0.0411. The third-order valence-electron chi connectivity index (χ3n) is 3.27. The van der Waals surface area contributed by atoms with Crippen molar-refractivity contribution >= 4 is 27.8 Å². The van der Waals surface area contributed by atoms with Crippen LogP contribution >= 0.6 is 15.9 Å². The van der Waals surface area contributed by atoms with Gasteiger partial charge in [0.1, 0.15) is 0 Å². The molecule has 0 aromatic heterocycles. The number of hydrogen-bond donors (Lipinski definition) is 0. The molecular weight excluding hydrogens is 368 g/mol. The molecule has 0 atom stereocenters. The lowest BCUT2D eigenvalue weighted by atomic mass is 10.1. The van der Waals surface area contributed by atoms with Gasteiger partial charge < -0.3 is 9.47 Å². The van der Waals surface area contributed by atoms with Crippen molar-refractivity contribution in [1.82, 2.24) is 0 Å². The molecule has 0 heterocycles. The Hall–Kier alpha value is -2.07. The van der Waals surface area contributed by atoms with Crippen LogP contribution in [0.2, 0.25) is 0 Å². The first-order valence-electron chi connectivity index (χ1n) is 8.01. The molecule has 0 N–H and O–H groups in total. The molecule has 0 aliphatic heterocycles. The van der Waals surface area contributed by atoms with E-state index in [1.54, 1.807) is 24.3 Å². The molecule has 0 radical (unpaired) electrons. The van der Waals surface area contributed by atoms with Crippen molar-refractivity contribution < 1.29 is 14.3 Å². The van der Waals surface area contributed by atoms with Gasteiger partial charge in [0.05, 0.1) is 13.2 Å². The molecule has 0 unspecified atom stereocenters. The number of carbonyl (C=O) groups excluding carboxylic acids is 1. The maximum atomic E-state index is 12.2. The molecule has 2 aromatic carbocycles. The summed E-state index contributed by atoms with van der Waals surface area (Å²) in [7, 11) is 0. The van der Waals surface area contributed by atoms with Gasteiger partial charge in [-0.05, 0) is 49.2 Å². The number of carbonyl (C=O) groups is 1. The molecule has 4 heteroatoms. The van der Waals surface area contributed by atoms with E-state index in [4.69, 9.17) is 9.47 Å². The maximum Gasteiger partial charge on any atom is 0.185 e. The Morgan fingerprint density at radius 1 is 1.08 bits per heavy atom. The van der Waals surface area contributed by atoms with E-state index in [9.17, 15) is 4.79 Å². The van der Waals surface area contributed by atoms with E-state index >= 15 is 0 Å². The number of ether oxygens (including phenoxy) is 2. The molecule has 3 nitrogen and oxygen atoms in total. The highest BCUT2D eigenvalue weighted by Gasteiger charge is 2.06. The van der Waals surface area contributed by atoms with Gasteiger partial charge in [0.25, 0.3) is 0 Å². The van der Waals surface area contributed by atoms with Crippen LogP contribution in [-0.2, 0) is 0 Å². The summed E-state index contributed by atoms with van der Waals surface area (Å²) in [5, 5.41) is 0. The van der Waals surface area contributed by atoms with Crippen LogP contribution in [-0.4, -0.2) is 19.0 Å². The van der Waals surface area contributed by atoms with Crippen molar-refractivity contribution in [1.29, 1.82) is 0 Å². The Morgan fingerprint density at radius 2 is 1.92 bits per heavy atom. The van der Waals surface area contributed by atoms with Gasteiger partial charge in [-0.15, -0.1) is 0 Å². The minimum Gasteiger partial charge on any atom is -0.490 e.